The van der Waals surface area contributed by atoms with E-state index in [-0.39, 0.29) is 18.2 Å². The lowest BCUT2D eigenvalue weighted by Gasteiger charge is -2.14. The van der Waals surface area contributed by atoms with E-state index in [1.54, 1.807) is 0 Å². The number of carbonyl (C=O) groups excluding carboxylic acids is 1. The minimum Gasteiger partial charge on any atom is -0.478 e. The van der Waals surface area contributed by atoms with Gasteiger partial charge in [-0.2, -0.15) is 26.3 Å². The number of alkyl halides is 6. The third kappa shape index (κ3) is 5.22. The van der Waals surface area contributed by atoms with E-state index >= 15 is 0 Å². The predicted molar refractivity (Wildman–Crippen MR) is 81.0 cm³/mol. The number of aromatic carboxylic acids is 1. The molecule has 0 unspecified atom stereocenters. The monoisotopic (exact) mass is 391 g/mol. The average Bonchev–Trinajstić information content (AvgIpc) is 2.58. The van der Waals surface area contributed by atoms with Gasteiger partial charge < -0.3 is 10.4 Å². The van der Waals surface area contributed by atoms with Gasteiger partial charge in [-0.15, -0.1) is 0 Å². The molecule has 10 heteroatoms. The Morgan fingerprint density at radius 2 is 1.41 bits per heavy atom. The van der Waals surface area contributed by atoms with E-state index < -0.39 is 40.9 Å². The minimum absolute atomic E-state index is 0.0763. The lowest BCUT2D eigenvalue weighted by atomic mass is 10.0. The third-order valence-electron chi connectivity index (χ3n) is 3.48. The fraction of sp³-hybridized carbons (Fsp3) is 0.176. The SMILES string of the molecule is O=C(O)c1cccc(CNC(=O)c2cc(C(F)(F)F)cc(C(F)(F)F)c2)c1. The summed E-state index contributed by atoms with van der Waals surface area (Å²) in [5, 5.41) is 11.0. The number of carboxylic acids is 1. The van der Waals surface area contributed by atoms with E-state index in [0.717, 1.165) is 0 Å². The first-order valence-electron chi connectivity index (χ1n) is 7.28. The van der Waals surface area contributed by atoms with Crippen molar-refractivity contribution < 1.29 is 41.0 Å². The van der Waals surface area contributed by atoms with Crippen LogP contribution in [-0.2, 0) is 18.9 Å². The summed E-state index contributed by atoms with van der Waals surface area (Å²) >= 11 is 0. The minimum atomic E-state index is -5.06. The Hall–Kier alpha value is -3.04. The van der Waals surface area contributed by atoms with E-state index in [9.17, 15) is 35.9 Å². The van der Waals surface area contributed by atoms with Crippen LogP contribution in [0.3, 0.4) is 0 Å². The maximum absolute atomic E-state index is 12.8. The van der Waals surface area contributed by atoms with Crippen molar-refractivity contribution in [2.75, 3.05) is 0 Å². The van der Waals surface area contributed by atoms with Gasteiger partial charge >= 0.3 is 18.3 Å². The van der Waals surface area contributed by atoms with Crippen LogP contribution in [0.5, 0.6) is 0 Å². The highest BCUT2D eigenvalue weighted by Gasteiger charge is 2.37. The van der Waals surface area contributed by atoms with Crippen molar-refractivity contribution in [1.82, 2.24) is 5.32 Å². The van der Waals surface area contributed by atoms with E-state index in [2.05, 4.69) is 5.32 Å². The Morgan fingerprint density at radius 3 is 1.89 bits per heavy atom. The fourth-order valence-electron chi connectivity index (χ4n) is 2.18. The van der Waals surface area contributed by atoms with Crippen molar-refractivity contribution in [3.63, 3.8) is 0 Å². The molecule has 0 saturated heterocycles. The largest absolute Gasteiger partial charge is 0.478 e. The molecule has 0 bridgehead atoms. The quantitative estimate of drug-likeness (QED) is 0.762. The first-order chi connectivity index (χ1) is 12.4. The van der Waals surface area contributed by atoms with Crippen LogP contribution in [0.4, 0.5) is 26.3 Å². The maximum Gasteiger partial charge on any atom is 0.416 e. The smallest absolute Gasteiger partial charge is 0.416 e. The van der Waals surface area contributed by atoms with Crippen molar-refractivity contribution in [3.8, 4) is 0 Å². The van der Waals surface area contributed by atoms with Gasteiger partial charge in [0.15, 0.2) is 0 Å². The summed E-state index contributed by atoms with van der Waals surface area (Å²) < 4.78 is 76.9. The molecule has 0 aromatic heterocycles. The van der Waals surface area contributed by atoms with Gasteiger partial charge in [0, 0.05) is 12.1 Å². The summed E-state index contributed by atoms with van der Waals surface area (Å²) in [6.45, 7) is -0.280. The summed E-state index contributed by atoms with van der Waals surface area (Å²) in [7, 11) is 0. The molecule has 0 spiro atoms. The molecule has 2 N–H and O–H groups in total. The Balaban J connectivity index is 2.27. The molecule has 0 saturated carbocycles. The van der Waals surface area contributed by atoms with Crippen LogP contribution in [0.15, 0.2) is 42.5 Å². The normalized spacial score (nSPS) is 11.9. The Bertz CT molecular complexity index is 841. The maximum atomic E-state index is 12.8. The second kappa shape index (κ2) is 7.29. The van der Waals surface area contributed by atoms with Gasteiger partial charge in [0.1, 0.15) is 0 Å². The van der Waals surface area contributed by atoms with Gasteiger partial charge in [0.05, 0.1) is 16.7 Å². The molecule has 0 atom stereocenters. The lowest BCUT2D eigenvalue weighted by Crippen LogP contribution is -2.24. The number of benzene rings is 2. The zero-order chi connectivity index (χ0) is 20.4. The number of nitrogens with one attached hydrogen (secondary N) is 1. The molecular weight excluding hydrogens is 380 g/mol. The number of amides is 1. The van der Waals surface area contributed by atoms with Gasteiger partial charge in [-0.05, 0) is 35.9 Å². The third-order valence-corrected chi connectivity index (χ3v) is 3.48. The molecule has 144 valence electrons. The lowest BCUT2D eigenvalue weighted by molar-refractivity contribution is -0.143. The average molecular weight is 391 g/mol. The van der Waals surface area contributed by atoms with Crippen molar-refractivity contribution >= 4 is 11.9 Å². The molecule has 0 aliphatic rings. The van der Waals surface area contributed by atoms with Crippen LogP contribution in [0.1, 0.15) is 37.4 Å². The standard InChI is InChI=1S/C17H11F6NO3/c18-16(19,20)12-5-11(6-13(7-12)17(21,22)23)14(25)24-8-9-2-1-3-10(4-9)15(26)27/h1-7H,8H2,(H,24,25)(H,26,27). The molecule has 4 nitrogen and oxygen atoms in total. The molecule has 0 aliphatic heterocycles. The van der Waals surface area contributed by atoms with Crippen LogP contribution >= 0.6 is 0 Å². The molecular formula is C17H11F6NO3. The van der Waals surface area contributed by atoms with Crippen LogP contribution in [0, 0.1) is 0 Å². The fourth-order valence-corrected chi connectivity index (χ4v) is 2.18. The van der Waals surface area contributed by atoms with Crippen LogP contribution in [-0.4, -0.2) is 17.0 Å². The van der Waals surface area contributed by atoms with Crippen molar-refractivity contribution in [1.29, 1.82) is 0 Å². The van der Waals surface area contributed by atoms with Gasteiger partial charge in [-0.1, -0.05) is 12.1 Å². The Morgan fingerprint density at radius 1 is 0.852 bits per heavy atom. The van der Waals surface area contributed by atoms with Crippen molar-refractivity contribution in [3.05, 3.63) is 70.3 Å². The van der Waals surface area contributed by atoms with Crippen LogP contribution < -0.4 is 5.32 Å². The van der Waals surface area contributed by atoms with Crippen molar-refractivity contribution in [2.24, 2.45) is 0 Å². The molecule has 27 heavy (non-hydrogen) atoms. The van der Waals surface area contributed by atoms with E-state index in [1.807, 2.05) is 0 Å². The topological polar surface area (TPSA) is 66.4 Å². The van der Waals surface area contributed by atoms with Gasteiger partial charge in [0.25, 0.3) is 5.91 Å². The van der Waals surface area contributed by atoms with Gasteiger partial charge in [0.2, 0.25) is 0 Å². The summed E-state index contributed by atoms with van der Waals surface area (Å²) in [4.78, 5) is 22.9. The highest BCUT2D eigenvalue weighted by atomic mass is 19.4. The number of hydrogen-bond acceptors (Lipinski definition) is 2. The molecule has 2 aromatic rings. The first-order valence-corrected chi connectivity index (χ1v) is 7.28. The van der Waals surface area contributed by atoms with Crippen molar-refractivity contribution in [2.45, 2.75) is 18.9 Å². The first kappa shape index (κ1) is 20.3. The molecule has 0 radical (unpaired) electrons. The Labute approximate surface area is 148 Å². The predicted octanol–water partition coefficient (Wildman–Crippen LogP) is 4.35. The van der Waals surface area contributed by atoms with Crippen LogP contribution in [0.2, 0.25) is 0 Å². The summed E-state index contributed by atoms with van der Waals surface area (Å²) in [5.41, 5.74) is -3.79. The highest BCUT2D eigenvalue weighted by Crippen LogP contribution is 2.36. The number of halogens is 6. The second-order valence-corrected chi connectivity index (χ2v) is 5.48. The molecule has 0 heterocycles. The van der Waals surface area contributed by atoms with E-state index in [1.165, 1.54) is 24.3 Å². The summed E-state index contributed by atoms with van der Waals surface area (Å²) in [5.74, 6) is -2.39. The summed E-state index contributed by atoms with van der Waals surface area (Å²) in [6.07, 6.45) is -10.1. The van der Waals surface area contributed by atoms with E-state index in [4.69, 9.17) is 5.11 Å². The number of carbonyl (C=O) groups is 2. The molecule has 0 aliphatic carbocycles. The zero-order valence-electron chi connectivity index (χ0n) is 13.3. The van der Waals surface area contributed by atoms with Gasteiger partial charge in [-0.25, -0.2) is 4.79 Å². The number of carboxylic acid groups (broad SMARTS) is 1. The van der Waals surface area contributed by atoms with E-state index in [0.29, 0.717) is 17.7 Å². The second-order valence-electron chi connectivity index (χ2n) is 5.48. The molecule has 0 fully saturated rings. The molecule has 1 amide bonds. The Kier molecular flexibility index (Phi) is 5.48. The number of hydrogen-bond donors (Lipinski definition) is 2. The zero-order valence-corrected chi connectivity index (χ0v) is 13.3. The van der Waals surface area contributed by atoms with Gasteiger partial charge in [-0.3, -0.25) is 4.79 Å². The highest BCUT2D eigenvalue weighted by molar-refractivity contribution is 5.94. The number of rotatable bonds is 4. The summed E-state index contributed by atoms with van der Waals surface area (Å²) in [6, 6.07) is 5.90. The molecule has 2 aromatic carbocycles. The van der Waals surface area contributed by atoms with Crippen LogP contribution in [0.25, 0.3) is 0 Å². The molecule has 2 rings (SSSR count).